The molecule has 1 rings (SSSR count). The molecule has 0 amide bonds. The van der Waals surface area contributed by atoms with Gasteiger partial charge >= 0.3 is 0 Å². The van der Waals surface area contributed by atoms with Gasteiger partial charge in [0.2, 0.25) is 0 Å². The molecule has 0 radical (unpaired) electrons. The second-order valence-electron chi connectivity index (χ2n) is 4.53. The third kappa shape index (κ3) is 1.42. The van der Waals surface area contributed by atoms with Gasteiger partial charge in [-0.2, -0.15) is 0 Å². The van der Waals surface area contributed by atoms with Crippen molar-refractivity contribution in [1.82, 2.24) is 4.90 Å². The molecule has 0 aromatic rings. The summed E-state index contributed by atoms with van der Waals surface area (Å²) >= 11 is 0. The summed E-state index contributed by atoms with van der Waals surface area (Å²) in [5.41, 5.74) is 0.286. The lowest BCUT2D eigenvalue weighted by Gasteiger charge is -2.41. The van der Waals surface area contributed by atoms with Gasteiger partial charge in [-0.1, -0.05) is 26.0 Å². The largest absolute Gasteiger partial charge is 0.288 e. The molecule has 1 aliphatic rings. The summed E-state index contributed by atoms with van der Waals surface area (Å²) in [5, 5.41) is 0. The van der Waals surface area contributed by atoms with Gasteiger partial charge in [0, 0.05) is 18.1 Å². The molecule has 1 nitrogen and oxygen atoms in total. The molecule has 1 aliphatic heterocycles. The van der Waals surface area contributed by atoms with Crippen molar-refractivity contribution in [1.29, 1.82) is 0 Å². The number of rotatable bonds is 2. The molecule has 1 heterocycles. The van der Waals surface area contributed by atoms with Crippen LogP contribution in [0.3, 0.4) is 0 Å². The van der Waals surface area contributed by atoms with Crippen molar-refractivity contribution in [3.05, 3.63) is 12.2 Å². The first-order valence-corrected chi connectivity index (χ1v) is 4.93. The third-order valence-electron chi connectivity index (χ3n) is 3.17. The van der Waals surface area contributed by atoms with Crippen molar-refractivity contribution >= 4 is 0 Å². The van der Waals surface area contributed by atoms with Crippen LogP contribution in [0.1, 0.15) is 34.6 Å². The second-order valence-corrected chi connectivity index (χ2v) is 4.53. The Morgan fingerprint density at radius 3 is 2.17 bits per heavy atom. The van der Waals surface area contributed by atoms with Crippen LogP contribution in [0.4, 0.5) is 0 Å². The zero-order valence-corrected chi connectivity index (χ0v) is 8.96. The number of hydrogen-bond donors (Lipinski definition) is 0. The van der Waals surface area contributed by atoms with Crippen LogP contribution in [0.5, 0.6) is 0 Å². The number of nitrogens with zero attached hydrogens (tertiary/aromatic N) is 1. The Balaban J connectivity index is 2.80. The highest BCUT2D eigenvalue weighted by molar-refractivity contribution is 5.15. The fourth-order valence-corrected chi connectivity index (χ4v) is 1.99. The highest BCUT2D eigenvalue weighted by Crippen LogP contribution is 2.31. The summed E-state index contributed by atoms with van der Waals surface area (Å²) in [6.07, 6.45) is 4.65. The molecule has 12 heavy (non-hydrogen) atoms. The smallest absolute Gasteiger partial charge is 0.0392 e. The molecule has 0 aliphatic carbocycles. The molecule has 70 valence electrons. The third-order valence-corrected chi connectivity index (χ3v) is 3.17. The zero-order chi connectivity index (χ0) is 9.35. The Labute approximate surface area is 76.5 Å². The molecule has 0 spiro atoms. The van der Waals surface area contributed by atoms with E-state index in [1.54, 1.807) is 0 Å². The molecule has 0 aromatic carbocycles. The first-order valence-electron chi connectivity index (χ1n) is 4.93. The van der Waals surface area contributed by atoms with E-state index in [2.05, 4.69) is 51.7 Å². The maximum atomic E-state index is 2.55. The van der Waals surface area contributed by atoms with E-state index < -0.39 is 0 Å². The first kappa shape index (κ1) is 9.79. The van der Waals surface area contributed by atoms with Crippen LogP contribution in [0, 0.1) is 5.92 Å². The molecule has 0 bridgehead atoms. The van der Waals surface area contributed by atoms with E-state index in [1.807, 2.05) is 0 Å². The quantitative estimate of drug-likeness (QED) is 0.572. The SMILES string of the molecule is CC(C)N1CC=C[C@@]1(C)C(C)C. The number of hydrogen-bond acceptors (Lipinski definition) is 1. The van der Waals surface area contributed by atoms with Crippen LogP contribution in [0.15, 0.2) is 12.2 Å². The van der Waals surface area contributed by atoms with Crippen molar-refractivity contribution in [2.45, 2.75) is 46.2 Å². The van der Waals surface area contributed by atoms with E-state index in [9.17, 15) is 0 Å². The second kappa shape index (κ2) is 3.21. The van der Waals surface area contributed by atoms with Crippen LogP contribution < -0.4 is 0 Å². The van der Waals surface area contributed by atoms with Crippen LogP contribution >= 0.6 is 0 Å². The average Bonchev–Trinajstić information content (AvgIpc) is 2.32. The van der Waals surface area contributed by atoms with Crippen LogP contribution in [-0.2, 0) is 0 Å². The van der Waals surface area contributed by atoms with Crippen molar-refractivity contribution in [3.8, 4) is 0 Å². The molecule has 1 heteroatoms. The first-order chi connectivity index (χ1) is 5.48. The monoisotopic (exact) mass is 167 g/mol. The lowest BCUT2D eigenvalue weighted by Crippen LogP contribution is -2.49. The Kier molecular flexibility index (Phi) is 2.62. The molecule has 1 atom stereocenters. The van der Waals surface area contributed by atoms with Gasteiger partial charge in [0.25, 0.3) is 0 Å². The van der Waals surface area contributed by atoms with Gasteiger partial charge in [-0.15, -0.1) is 0 Å². The van der Waals surface area contributed by atoms with Crippen LogP contribution in [-0.4, -0.2) is 23.0 Å². The van der Waals surface area contributed by atoms with Crippen molar-refractivity contribution in [2.75, 3.05) is 6.54 Å². The molecule has 0 fully saturated rings. The van der Waals surface area contributed by atoms with Gasteiger partial charge < -0.3 is 0 Å². The van der Waals surface area contributed by atoms with E-state index in [0.717, 1.165) is 6.54 Å². The van der Waals surface area contributed by atoms with Crippen molar-refractivity contribution < 1.29 is 0 Å². The Morgan fingerprint density at radius 1 is 1.25 bits per heavy atom. The van der Waals surface area contributed by atoms with Gasteiger partial charge in [0.05, 0.1) is 0 Å². The standard InChI is InChI=1S/C11H21N/c1-9(2)11(5)7-6-8-12(11)10(3)4/h6-7,9-10H,8H2,1-5H3/t11-/m0/s1. The molecule has 0 N–H and O–H groups in total. The zero-order valence-electron chi connectivity index (χ0n) is 8.96. The van der Waals surface area contributed by atoms with E-state index in [0.29, 0.717) is 12.0 Å². The Hall–Kier alpha value is -0.300. The predicted molar refractivity (Wildman–Crippen MR) is 54.2 cm³/mol. The van der Waals surface area contributed by atoms with Crippen LogP contribution in [0.2, 0.25) is 0 Å². The summed E-state index contributed by atoms with van der Waals surface area (Å²) in [5.74, 6) is 0.693. The predicted octanol–water partition coefficient (Wildman–Crippen LogP) is 2.68. The Morgan fingerprint density at radius 2 is 1.83 bits per heavy atom. The summed E-state index contributed by atoms with van der Waals surface area (Å²) in [6.45, 7) is 12.6. The fourth-order valence-electron chi connectivity index (χ4n) is 1.99. The van der Waals surface area contributed by atoms with E-state index in [4.69, 9.17) is 0 Å². The van der Waals surface area contributed by atoms with Crippen molar-refractivity contribution in [2.24, 2.45) is 5.92 Å². The summed E-state index contributed by atoms with van der Waals surface area (Å²) in [6, 6.07) is 0.646. The van der Waals surface area contributed by atoms with E-state index >= 15 is 0 Å². The lowest BCUT2D eigenvalue weighted by atomic mass is 9.87. The van der Waals surface area contributed by atoms with E-state index in [1.165, 1.54) is 0 Å². The highest BCUT2D eigenvalue weighted by Gasteiger charge is 2.36. The molecular formula is C11H21N. The molecule has 0 saturated carbocycles. The van der Waals surface area contributed by atoms with Crippen molar-refractivity contribution in [3.63, 3.8) is 0 Å². The van der Waals surface area contributed by atoms with E-state index in [-0.39, 0.29) is 5.54 Å². The van der Waals surface area contributed by atoms with Gasteiger partial charge in [-0.05, 0) is 26.7 Å². The van der Waals surface area contributed by atoms with Gasteiger partial charge in [-0.25, -0.2) is 0 Å². The fraction of sp³-hybridized carbons (Fsp3) is 0.818. The minimum atomic E-state index is 0.286. The summed E-state index contributed by atoms with van der Waals surface area (Å²) < 4.78 is 0. The Bertz CT molecular complexity index is 181. The van der Waals surface area contributed by atoms with Crippen LogP contribution in [0.25, 0.3) is 0 Å². The summed E-state index contributed by atoms with van der Waals surface area (Å²) in [7, 11) is 0. The van der Waals surface area contributed by atoms with Gasteiger partial charge in [0.1, 0.15) is 0 Å². The minimum absolute atomic E-state index is 0.286. The maximum absolute atomic E-state index is 2.55. The average molecular weight is 167 g/mol. The van der Waals surface area contributed by atoms with Gasteiger partial charge in [0.15, 0.2) is 0 Å². The normalized spacial score (nSPS) is 30.9. The minimum Gasteiger partial charge on any atom is -0.288 e. The summed E-state index contributed by atoms with van der Waals surface area (Å²) in [4.78, 5) is 2.55. The molecular weight excluding hydrogens is 146 g/mol. The van der Waals surface area contributed by atoms with Gasteiger partial charge in [-0.3, -0.25) is 4.90 Å². The topological polar surface area (TPSA) is 3.24 Å². The maximum Gasteiger partial charge on any atom is 0.0392 e. The molecule has 0 unspecified atom stereocenters. The lowest BCUT2D eigenvalue weighted by molar-refractivity contribution is 0.0991. The molecule has 0 saturated heterocycles. The highest BCUT2D eigenvalue weighted by atomic mass is 15.2. The molecule has 0 aromatic heterocycles.